The number of anilines is 1. The van der Waals surface area contributed by atoms with Crippen LogP contribution in [0.1, 0.15) is 21.8 Å². The van der Waals surface area contributed by atoms with Crippen LogP contribution in [0.5, 0.6) is 11.5 Å². The van der Waals surface area contributed by atoms with Crippen LogP contribution in [0.4, 0.5) is 5.69 Å². The Bertz CT molecular complexity index is 1370. The van der Waals surface area contributed by atoms with Crippen molar-refractivity contribution < 1.29 is 14.3 Å². The van der Waals surface area contributed by atoms with Crippen molar-refractivity contribution in [2.45, 2.75) is 5.92 Å². The third kappa shape index (κ3) is 3.36. The van der Waals surface area contributed by atoms with Crippen molar-refractivity contribution in [1.29, 1.82) is 0 Å². The topological polar surface area (TPSA) is 56.1 Å². The minimum atomic E-state index is -0.0422. The zero-order valence-electron chi connectivity index (χ0n) is 19.2. The lowest BCUT2D eigenvalue weighted by atomic mass is 9.93. The molecule has 1 atom stereocenters. The van der Waals surface area contributed by atoms with Crippen molar-refractivity contribution in [3.8, 4) is 11.5 Å². The number of hydrogen-bond donors (Lipinski definition) is 0. The van der Waals surface area contributed by atoms with E-state index in [0.717, 1.165) is 33.4 Å². The van der Waals surface area contributed by atoms with E-state index < -0.39 is 0 Å². The van der Waals surface area contributed by atoms with Crippen molar-refractivity contribution in [3.63, 3.8) is 0 Å². The van der Waals surface area contributed by atoms with Crippen LogP contribution in [0, 0.1) is 0 Å². The van der Waals surface area contributed by atoms with Gasteiger partial charge in [-0.3, -0.25) is 0 Å². The molecule has 0 aromatic heterocycles. The largest absolute Gasteiger partial charge is 0.493 e. The van der Waals surface area contributed by atoms with Crippen molar-refractivity contribution in [3.05, 3.63) is 77.4 Å². The quantitative estimate of drug-likeness (QED) is 0.569. The van der Waals surface area contributed by atoms with Gasteiger partial charge in [-0.25, -0.2) is 9.46 Å². The van der Waals surface area contributed by atoms with Crippen molar-refractivity contribution in [2.24, 2.45) is 0 Å². The third-order valence-corrected chi connectivity index (χ3v) is 6.37. The molecule has 1 fully saturated rings. The lowest BCUT2D eigenvalue weighted by Crippen LogP contribution is -2.33. The Kier molecular flexibility index (Phi) is 5.15. The van der Waals surface area contributed by atoms with Gasteiger partial charge in [-0.1, -0.05) is 30.3 Å². The summed E-state index contributed by atoms with van der Waals surface area (Å²) in [6.07, 6.45) is 3.77. The molecule has 6 heteroatoms. The highest BCUT2D eigenvalue weighted by Crippen LogP contribution is 2.39. The second-order valence-electron chi connectivity index (χ2n) is 8.38. The number of fused-ring (bicyclic) bond motifs is 2. The fraction of sp³-hybridized carbons (Fsp3) is 0.222. The van der Waals surface area contributed by atoms with Gasteiger partial charge in [-0.15, -0.1) is 0 Å². The molecule has 3 aromatic rings. The van der Waals surface area contributed by atoms with Gasteiger partial charge in [0.25, 0.3) is 0 Å². The highest BCUT2D eigenvalue weighted by molar-refractivity contribution is 6.21. The number of likely N-dealkylation sites (tertiary alicyclic amines) is 1. The van der Waals surface area contributed by atoms with Gasteiger partial charge in [0, 0.05) is 31.2 Å². The zero-order valence-corrected chi connectivity index (χ0v) is 19.2. The van der Waals surface area contributed by atoms with Gasteiger partial charge in [-0.2, -0.15) is 4.90 Å². The first-order chi connectivity index (χ1) is 16.0. The molecule has 0 N–H and O–H groups in total. The van der Waals surface area contributed by atoms with Crippen LogP contribution in [0.2, 0.25) is 0 Å². The molecule has 5 rings (SSSR count). The highest BCUT2D eigenvalue weighted by Gasteiger charge is 2.48. The minimum Gasteiger partial charge on any atom is -0.493 e. The summed E-state index contributed by atoms with van der Waals surface area (Å²) in [6.45, 7) is 0.524. The Hall–Kier alpha value is -4.02. The van der Waals surface area contributed by atoms with Crippen LogP contribution in [0.25, 0.3) is 10.8 Å². The van der Waals surface area contributed by atoms with Crippen LogP contribution in [-0.4, -0.2) is 57.7 Å². The third-order valence-electron chi connectivity index (χ3n) is 6.37. The first-order valence-corrected chi connectivity index (χ1v) is 10.9. The number of carbonyl (C=O) groups is 1. The van der Waals surface area contributed by atoms with E-state index in [4.69, 9.17) is 9.47 Å². The van der Waals surface area contributed by atoms with Gasteiger partial charge < -0.3 is 14.4 Å². The van der Waals surface area contributed by atoms with Gasteiger partial charge in [0.05, 0.1) is 31.3 Å². The number of nitrogens with zero attached hydrogens (tertiary/aromatic N) is 3. The molecule has 0 saturated carbocycles. The molecule has 2 heterocycles. The zero-order chi connectivity index (χ0) is 23.1. The predicted octanol–water partition coefficient (Wildman–Crippen LogP) is 3.64. The van der Waals surface area contributed by atoms with Crippen LogP contribution in [0.3, 0.4) is 0 Å². The van der Waals surface area contributed by atoms with E-state index in [-0.39, 0.29) is 11.8 Å². The maximum atomic E-state index is 13.8. The fourth-order valence-corrected chi connectivity index (χ4v) is 4.74. The number of allylic oxidation sites excluding steroid dienone is 1. The van der Waals surface area contributed by atoms with Crippen molar-refractivity contribution in [2.75, 3.05) is 39.8 Å². The van der Waals surface area contributed by atoms with Gasteiger partial charge in [-0.05, 0) is 35.2 Å². The standard InChI is InChI=1S/C27H26N3O3/c1-29(2)23-11-10-21(18-7-5-6-8-19(18)23)27(31)30-16-22(20-13-14-28-26(20)30)17-9-12-24(32-3)25(15-17)33-4/h5-15,22H,16H2,1-4H3/q+1. The van der Waals surface area contributed by atoms with Crippen LogP contribution < -0.4 is 19.0 Å². The SMILES string of the molecule is COc1ccc(C2CN(C(=O)c3ccc(N(C)C)c4ccccc34)C3=[N+]=CC=C32)cc1OC. The Morgan fingerprint density at radius 2 is 1.76 bits per heavy atom. The van der Waals surface area contributed by atoms with Gasteiger partial charge in [0.1, 0.15) is 6.54 Å². The number of hydrogen-bond acceptors (Lipinski definition) is 4. The number of ether oxygens (including phenoxy) is 2. The van der Waals surface area contributed by atoms with Crippen molar-refractivity contribution in [1.82, 2.24) is 9.57 Å². The maximum absolute atomic E-state index is 13.8. The van der Waals surface area contributed by atoms with E-state index >= 15 is 0 Å². The molecular weight excluding hydrogens is 414 g/mol. The first kappa shape index (κ1) is 20.9. The Morgan fingerprint density at radius 1 is 1.00 bits per heavy atom. The Labute approximate surface area is 193 Å². The minimum absolute atomic E-state index is 0.0126. The second kappa shape index (κ2) is 8.15. The van der Waals surface area contributed by atoms with E-state index in [1.54, 1.807) is 25.3 Å². The van der Waals surface area contributed by atoms with Crippen LogP contribution in [0.15, 0.2) is 66.2 Å². The molecule has 1 saturated heterocycles. The predicted molar refractivity (Wildman–Crippen MR) is 133 cm³/mol. The molecule has 1 unspecified atom stereocenters. The number of carbonyl (C=O) groups excluding carboxylic acids is 1. The number of benzene rings is 3. The fourth-order valence-electron chi connectivity index (χ4n) is 4.74. The van der Waals surface area contributed by atoms with E-state index in [9.17, 15) is 4.79 Å². The summed E-state index contributed by atoms with van der Waals surface area (Å²) in [6, 6.07) is 17.9. The molecule has 6 nitrogen and oxygen atoms in total. The Balaban J connectivity index is 1.54. The van der Waals surface area contributed by atoms with E-state index in [1.165, 1.54) is 0 Å². The van der Waals surface area contributed by atoms with E-state index in [2.05, 4.69) is 15.6 Å². The molecule has 0 bridgehead atoms. The molecule has 2 aliphatic heterocycles. The van der Waals surface area contributed by atoms with Crippen LogP contribution in [-0.2, 0) is 0 Å². The molecular formula is C27H26N3O3+. The summed E-state index contributed by atoms with van der Waals surface area (Å²) < 4.78 is 15.4. The molecule has 3 aromatic carbocycles. The summed E-state index contributed by atoms with van der Waals surface area (Å²) in [5.41, 5.74) is 3.87. The molecule has 0 aliphatic carbocycles. The average molecular weight is 441 g/mol. The summed E-state index contributed by atoms with van der Waals surface area (Å²) in [4.78, 5) is 17.7. The van der Waals surface area contributed by atoms with Crippen LogP contribution >= 0.6 is 0 Å². The number of rotatable bonds is 5. The first-order valence-electron chi connectivity index (χ1n) is 10.9. The summed E-state index contributed by atoms with van der Waals surface area (Å²) >= 11 is 0. The summed E-state index contributed by atoms with van der Waals surface area (Å²) in [5, 5.41) is 2.00. The number of amides is 1. The molecule has 166 valence electrons. The van der Waals surface area contributed by atoms with E-state index in [0.29, 0.717) is 23.6 Å². The van der Waals surface area contributed by atoms with Gasteiger partial charge in [0.2, 0.25) is 0 Å². The second-order valence-corrected chi connectivity index (χ2v) is 8.38. The summed E-state index contributed by atoms with van der Waals surface area (Å²) in [7, 11) is 7.28. The summed E-state index contributed by atoms with van der Waals surface area (Å²) in [5.74, 6) is 2.05. The molecule has 1 amide bonds. The van der Waals surface area contributed by atoms with Gasteiger partial charge >= 0.3 is 11.7 Å². The molecule has 33 heavy (non-hydrogen) atoms. The smallest absolute Gasteiger partial charge is 0.381 e. The normalized spacial score (nSPS) is 16.5. The number of methoxy groups -OCH3 is 2. The molecule has 2 aliphatic rings. The van der Waals surface area contributed by atoms with E-state index in [1.807, 2.05) is 68.7 Å². The lowest BCUT2D eigenvalue weighted by molar-refractivity contribution is 0.0856. The Morgan fingerprint density at radius 3 is 2.48 bits per heavy atom. The molecule has 0 radical (unpaired) electrons. The number of amidine groups is 1. The molecule has 0 spiro atoms. The monoisotopic (exact) mass is 440 g/mol. The average Bonchev–Trinajstić information content (AvgIpc) is 3.45. The maximum Gasteiger partial charge on any atom is 0.381 e. The van der Waals surface area contributed by atoms with Crippen molar-refractivity contribution >= 4 is 34.4 Å². The highest BCUT2D eigenvalue weighted by atomic mass is 16.5. The van der Waals surface area contributed by atoms with Gasteiger partial charge in [0.15, 0.2) is 17.7 Å². The lowest BCUT2D eigenvalue weighted by Gasteiger charge is -2.17.